The molecule has 1 aliphatic carbocycles. The van der Waals surface area contributed by atoms with Gasteiger partial charge in [0, 0.05) is 4.88 Å². The van der Waals surface area contributed by atoms with Gasteiger partial charge in [0.15, 0.2) is 10.8 Å². The van der Waals surface area contributed by atoms with Crippen LogP contribution in [0.15, 0.2) is 11.5 Å². The molecule has 4 rings (SSSR count). The third-order valence-corrected chi connectivity index (χ3v) is 5.74. The Morgan fingerprint density at radius 1 is 1.48 bits per heavy atom. The lowest BCUT2D eigenvalue weighted by molar-refractivity contribution is -0.137. The van der Waals surface area contributed by atoms with E-state index in [-0.39, 0.29) is 11.7 Å². The minimum atomic E-state index is -0.276. The van der Waals surface area contributed by atoms with Gasteiger partial charge in [-0.15, -0.1) is 21.5 Å². The lowest BCUT2D eigenvalue weighted by Crippen LogP contribution is -2.03. The number of hydrogen-bond donors (Lipinski definition) is 0. The van der Waals surface area contributed by atoms with Crippen LogP contribution in [0, 0.1) is 0 Å². The van der Waals surface area contributed by atoms with Crippen LogP contribution in [0.1, 0.15) is 16.9 Å². The molecule has 0 spiro atoms. The predicted molar refractivity (Wildman–Crippen MR) is 80.9 cm³/mol. The number of carbonyl (C=O) groups excluding carboxylic acids is 1. The number of ether oxygens (including phenoxy) is 1. The van der Waals surface area contributed by atoms with Gasteiger partial charge < -0.3 is 4.74 Å². The van der Waals surface area contributed by atoms with Gasteiger partial charge in [0.2, 0.25) is 0 Å². The molecule has 0 radical (unpaired) electrons. The summed E-state index contributed by atoms with van der Waals surface area (Å²) in [6, 6.07) is 0. The van der Waals surface area contributed by atoms with E-state index in [9.17, 15) is 4.79 Å². The predicted octanol–water partition coefficient (Wildman–Crippen LogP) is 2.09. The minimum absolute atomic E-state index is 0.219. The smallest absolute Gasteiger partial charge is 0.316 e. The SMILES string of the molecule is COC(=O)CSc1nnc2c3c4c(sc3ncn12)CCC4. The van der Waals surface area contributed by atoms with E-state index >= 15 is 0 Å². The molecule has 3 aromatic heterocycles. The van der Waals surface area contributed by atoms with Crippen LogP contribution in [-0.2, 0) is 22.4 Å². The van der Waals surface area contributed by atoms with Crippen LogP contribution in [0.5, 0.6) is 0 Å². The van der Waals surface area contributed by atoms with E-state index < -0.39 is 0 Å². The third kappa shape index (κ3) is 2.01. The first-order valence-electron chi connectivity index (χ1n) is 6.61. The Kier molecular flexibility index (Phi) is 3.07. The number of hydrogen-bond acceptors (Lipinski definition) is 7. The number of carbonyl (C=O) groups is 1. The molecule has 21 heavy (non-hydrogen) atoms. The normalized spacial score (nSPS) is 14.0. The summed E-state index contributed by atoms with van der Waals surface area (Å²) >= 11 is 3.07. The summed E-state index contributed by atoms with van der Waals surface area (Å²) in [6.07, 6.45) is 5.17. The van der Waals surface area contributed by atoms with Crippen LogP contribution >= 0.6 is 23.1 Å². The average molecular weight is 320 g/mol. The van der Waals surface area contributed by atoms with E-state index in [2.05, 4.69) is 19.9 Å². The van der Waals surface area contributed by atoms with Crippen LogP contribution < -0.4 is 0 Å². The van der Waals surface area contributed by atoms with Crippen LogP contribution in [0.3, 0.4) is 0 Å². The van der Waals surface area contributed by atoms with Gasteiger partial charge in [-0.3, -0.25) is 9.20 Å². The topological polar surface area (TPSA) is 69.4 Å². The number of thioether (sulfide) groups is 1. The minimum Gasteiger partial charge on any atom is -0.468 e. The summed E-state index contributed by atoms with van der Waals surface area (Å²) in [7, 11) is 1.38. The Balaban J connectivity index is 1.82. The zero-order chi connectivity index (χ0) is 14.4. The molecule has 0 unspecified atom stereocenters. The number of fused-ring (bicyclic) bond motifs is 5. The van der Waals surface area contributed by atoms with Crippen LogP contribution in [0.25, 0.3) is 15.9 Å². The quantitative estimate of drug-likeness (QED) is 0.544. The highest BCUT2D eigenvalue weighted by molar-refractivity contribution is 7.99. The lowest BCUT2D eigenvalue weighted by Gasteiger charge is -2.00. The van der Waals surface area contributed by atoms with Crippen molar-refractivity contribution in [1.82, 2.24) is 19.6 Å². The number of nitrogens with zero attached hydrogens (tertiary/aromatic N) is 4. The summed E-state index contributed by atoms with van der Waals surface area (Å²) < 4.78 is 6.51. The van der Waals surface area contributed by atoms with E-state index in [1.165, 1.54) is 35.7 Å². The zero-order valence-corrected chi connectivity index (χ0v) is 13.0. The largest absolute Gasteiger partial charge is 0.468 e. The maximum Gasteiger partial charge on any atom is 0.316 e. The standard InChI is InChI=1S/C13H12N4O2S2/c1-19-9(18)5-20-13-16-15-11-10-7-3-2-4-8(7)21-12(10)14-6-17(11)13/h6H,2-5H2,1H3. The van der Waals surface area contributed by atoms with E-state index in [0.717, 1.165) is 28.7 Å². The first kappa shape index (κ1) is 13.0. The van der Waals surface area contributed by atoms with Crippen molar-refractivity contribution in [3.05, 3.63) is 16.8 Å². The number of rotatable bonds is 3. The summed E-state index contributed by atoms with van der Waals surface area (Å²) in [5, 5.41) is 10.3. The van der Waals surface area contributed by atoms with Crippen molar-refractivity contribution in [2.75, 3.05) is 12.9 Å². The highest BCUT2D eigenvalue weighted by atomic mass is 32.2. The van der Waals surface area contributed by atoms with Gasteiger partial charge in [0.25, 0.3) is 0 Å². The first-order valence-corrected chi connectivity index (χ1v) is 8.41. The van der Waals surface area contributed by atoms with E-state index in [1.807, 2.05) is 4.40 Å². The van der Waals surface area contributed by atoms with E-state index in [4.69, 9.17) is 0 Å². The Hall–Kier alpha value is -1.67. The van der Waals surface area contributed by atoms with Crippen LogP contribution in [0.2, 0.25) is 0 Å². The van der Waals surface area contributed by atoms with Crippen LogP contribution in [-0.4, -0.2) is 38.4 Å². The fraction of sp³-hybridized carbons (Fsp3) is 0.385. The van der Waals surface area contributed by atoms with Gasteiger partial charge in [-0.05, 0) is 24.8 Å². The molecule has 8 heteroatoms. The summed E-state index contributed by atoms with van der Waals surface area (Å²) in [4.78, 5) is 18.2. The molecule has 0 N–H and O–H groups in total. The van der Waals surface area contributed by atoms with E-state index in [0.29, 0.717) is 5.16 Å². The molecule has 0 atom stereocenters. The van der Waals surface area contributed by atoms with Gasteiger partial charge in [-0.2, -0.15) is 0 Å². The molecule has 0 saturated carbocycles. The Bertz CT molecular complexity index is 855. The van der Waals surface area contributed by atoms with Gasteiger partial charge in [-0.25, -0.2) is 4.98 Å². The van der Waals surface area contributed by atoms with Crippen molar-refractivity contribution in [3.63, 3.8) is 0 Å². The van der Waals surface area contributed by atoms with Crippen molar-refractivity contribution in [2.24, 2.45) is 0 Å². The number of aryl methyl sites for hydroxylation is 2. The molecular formula is C13H12N4O2S2. The fourth-order valence-electron chi connectivity index (χ4n) is 2.65. The number of esters is 1. The van der Waals surface area contributed by atoms with Crippen molar-refractivity contribution >= 4 is 44.9 Å². The van der Waals surface area contributed by atoms with Crippen LogP contribution in [0.4, 0.5) is 0 Å². The van der Waals surface area contributed by atoms with Gasteiger partial charge in [-0.1, -0.05) is 11.8 Å². The molecule has 3 aromatic rings. The molecule has 0 fully saturated rings. The first-order chi connectivity index (χ1) is 10.3. The van der Waals surface area contributed by atoms with Crippen molar-refractivity contribution in [1.29, 1.82) is 0 Å². The highest BCUT2D eigenvalue weighted by Gasteiger charge is 2.22. The number of methoxy groups -OCH3 is 1. The van der Waals surface area contributed by atoms with Gasteiger partial charge in [0.1, 0.15) is 11.2 Å². The molecule has 1 aliphatic rings. The second-order valence-corrected chi connectivity index (χ2v) is 6.85. The van der Waals surface area contributed by atoms with Gasteiger partial charge >= 0.3 is 5.97 Å². The average Bonchev–Trinajstić information content (AvgIpc) is 3.17. The summed E-state index contributed by atoms with van der Waals surface area (Å²) in [5.41, 5.74) is 2.22. The molecule has 6 nitrogen and oxygen atoms in total. The maximum atomic E-state index is 11.3. The summed E-state index contributed by atoms with van der Waals surface area (Å²) in [5.74, 6) is -0.0564. The Morgan fingerprint density at radius 2 is 2.38 bits per heavy atom. The third-order valence-electron chi connectivity index (χ3n) is 3.63. The molecule has 0 amide bonds. The number of thiophene rings is 1. The van der Waals surface area contributed by atoms with E-state index in [1.54, 1.807) is 17.7 Å². The Labute approximate surface area is 128 Å². The summed E-state index contributed by atoms with van der Waals surface area (Å²) in [6.45, 7) is 0. The lowest BCUT2D eigenvalue weighted by atomic mass is 10.2. The molecule has 3 heterocycles. The molecule has 0 bridgehead atoms. The van der Waals surface area contributed by atoms with Crippen molar-refractivity contribution < 1.29 is 9.53 Å². The van der Waals surface area contributed by atoms with Crippen molar-refractivity contribution in [3.8, 4) is 0 Å². The van der Waals surface area contributed by atoms with Crippen molar-refractivity contribution in [2.45, 2.75) is 24.4 Å². The fourth-order valence-corrected chi connectivity index (χ4v) is 4.61. The zero-order valence-electron chi connectivity index (χ0n) is 11.3. The highest BCUT2D eigenvalue weighted by Crippen LogP contribution is 2.38. The molecule has 0 aromatic carbocycles. The maximum absolute atomic E-state index is 11.3. The monoisotopic (exact) mass is 320 g/mol. The second-order valence-electron chi connectivity index (χ2n) is 4.82. The molecule has 0 saturated heterocycles. The number of aromatic nitrogens is 4. The van der Waals surface area contributed by atoms with Gasteiger partial charge in [0.05, 0.1) is 18.2 Å². The molecular weight excluding hydrogens is 308 g/mol. The second kappa shape index (κ2) is 4.96. The Morgan fingerprint density at radius 3 is 3.24 bits per heavy atom. The molecule has 108 valence electrons. The molecule has 0 aliphatic heterocycles.